The van der Waals surface area contributed by atoms with Crippen LogP contribution in [-0.4, -0.2) is 69.0 Å². The van der Waals surface area contributed by atoms with E-state index in [1.807, 2.05) is 31.2 Å². The molecule has 0 bridgehead atoms. The summed E-state index contributed by atoms with van der Waals surface area (Å²) in [6, 6.07) is 29.8. The summed E-state index contributed by atoms with van der Waals surface area (Å²) < 4.78 is 17.3. The zero-order chi connectivity index (χ0) is 23.4. The summed E-state index contributed by atoms with van der Waals surface area (Å²) in [5, 5.41) is 0. The SMILES string of the molecule is CCOc1ccccc1OCCOCCN1CCN(C(c2ccccc2)c2ccccc2)CC1. The Bertz CT molecular complexity index is 920. The van der Waals surface area contributed by atoms with Crippen LogP contribution in [0.4, 0.5) is 0 Å². The molecule has 0 radical (unpaired) electrons. The molecule has 0 atom stereocenters. The Morgan fingerprint density at radius 2 is 1.21 bits per heavy atom. The second-order valence-electron chi connectivity index (χ2n) is 8.44. The Hall–Kier alpha value is -2.86. The van der Waals surface area contributed by atoms with Crippen molar-refractivity contribution in [2.75, 3.05) is 59.2 Å². The molecular formula is C29H36N2O3. The van der Waals surface area contributed by atoms with E-state index in [2.05, 4.69) is 70.5 Å². The number of benzene rings is 3. The van der Waals surface area contributed by atoms with Crippen molar-refractivity contribution in [2.45, 2.75) is 13.0 Å². The number of rotatable bonds is 12. The molecule has 3 aromatic carbocycles. The molecule has 0 unspecified atom stereocenters. The van der Waals surface area contributed by atoms with Crippen molar-refractivity contribution in [1.29, 1.82) is 0 Å². The lowest BCUT2D eigenvalue weighted by Gasteiger charge is -2.39. The maximum atomic E-state index is 5.85. The minimum Gasteiger partial charge on any atom is -0.490 e. The number of para-hydroxylation sites is 2. The smallest absolute Gasteiger partial charge is 0.161 e. The molecule has 0 spiro atoms. The fourth-order valence-corrected chi connectivity index (χ4v) is 4.48. The largest absolute Gasteiger partial charge is 0.490 e. The summed E-state index contributed by atoms with van der Waals surface area (Å²) in [6.07, 6.45) is 0. The van der Waals surface area contributed by atoms with E-state index < -0.39 is 0 Å². The molecule has 1 heterocycles. The van der Waals surface area contributed by atoms with Crippen LogP contribution in [0.25, 0.3) is 0 Å². The first-order valence-corrected chi connectivity index (χ1v) is 12.3. The maximum Gasteiger partial charge on any atom is 0.161 e. The lowest BCUT2D eigenvalue weighted by Crippen LogP contribution is -2.48. The highest BCUT2D eigenvalue weighted by Crippen LogP contribution is 2.29. The van der Waals surface area contributed by atoms with E-state index in [9.17, 15) is 0 Å². The summed E-state index contributed by atoms with van der Waals surface area (Å²) >= 11 is 0. The van der Waals surface area contributed by atoms with Gasteiger partial charge in [0.25, 0.3) is 0 Å². The van der Waals surface area contributed by atoms with Crippen LogP contribution in [-0.2, 0) is 4.74 Å². The Balaban J connectivity index is 1.19. The van der Waals surface area contributed by atoms with Gasteiger partial charge < -0.3 is 14.2 Å². The minimum atomic E-state index is 0.303. The molecule has 4 rings (SSSR count). The average Bonchev–Trinajstić information content (AvgIpc) is 2.89. The molecule has 180 valence electrons. The Kier molecular flexibility index (Phi) is 9.38. The van der Waals surface area contributed by atoms with E-state index in [4.69, 9.17) is 14.2 Å². The summed E-state index contributed by atoms with van der Waals surface area (Å²) in [6.45, 7) is 9.57. The van der Waals surface area contributed by atoms with Gasteiger partial charge in [0.15, 0.2) is 11.5 Å². The van der Waals surface area contributed by atoms with E-state index in [1.54, 1.807) is 0 Å². The molecular weight excluding hydrogens is 424 g/mol. The van der Waals surface area contributed by atoms with Crippen molar-refractivity contribution in [1.82, 2.24) is 9.80 Å². The van der Waals surface area contributed by atoms with Gasteiger partial charge in [-0.05, 0) is 30.2 Å². The average molecular weight is 461 g/mol. The Labute approximate surface area is 203 Å². The third-order valence-electron chi connectivity index (χ3n) is 6.19. The van der Waals surface area contributed by atoms with E-state index >= 15 is 0 Å². The molecule has 5 heteroatoms. The van der Waals surface area contributed by atoms with Gasteiger partial charge in [-0.2, -0.15) is 0 Å². The second-order valence-corrected chi connectivity index (χ2v) is 8.44. The highest BCUT2D eigenvalue weighted by molar-refractivity contribution is 5.39. The van der Waals surface area contributed by atoms with Crippen LogP contribution in [0.15, 0.2) is 84.9 Å². The standard InChI is InChI=1S/C29H36N2O3/c1-2-33-27-15-9-10-16-28(27)34-24-23-32-22-21-30-17-19-31(20-18-30)29(25-11-5-3-6-12-25)26-13-7-4-8-14-26/h3-16,29H,2,17-24H2,1H3. The van der Waals surface area contributed by atoms with Gasteiger partial charge >= 0.3 is 0 Å². The number of ether oxygens (including phenoxy) is 3. The third kappa shape index (κ3) is 6.83. The predicted octanol–water partition coefficient (Wildman–Crippen LogP) is 4.89. The molecule has 1 fully saturated rings. The van der Waals surface area contributed by atoms with Crippen molar-refractivity contribution >= 4 is 0 Å². The van der Waals surface area contributed by atoms with Crippen molar-refractivity contribution in [2.24, 2.45) is 0 Å². The molecule has 1 aliphatic rings. The molecule has 0 aliphatic carbocycles. The van der Waals surface area contributed by atoms with Gasteiger partial charge in [-0.3, -0.25) is 9.80 Å². The monoisotopic (exact) mass is 460 g/mol. The molecule has 5 nitrogen and oxygen atoms in total. The highest BCUT2D eigenvalue weighted by Gasteiger charge is 2.26. The van der Waals surface area contributed by atoms with Crippen molar-refractivity contribution in [3.8, 4) is 11.5 Å². The van der Waals surface area contributed by atoms with Crippen molar-refractivity contribution in [3.05, 3.63) is 96.1 Å². The van der Waals surface area contributed by atoms with Gasteiger partial charge in [0.1, 0.15) is 6.61 Å². The van der Waals surface area contributed by atoms with E-state index in [0.29, 0.717) is 25.9 Å². The first-order chi connectivity index (χ1) is 16.8. The summed E-state index contributed by atoms with van der Waals surface area (Å²) in [7, 11) is 0. The molecule has 3 aromatic rings. The van der Waals surface area contributed by atoms with E-state index in [0.717, 1.165) is 50.8 Å². The van der Waals surface area contributed by atoms with E-state index in [1.165, 1.54) is 11.1 Å². The molecule has 0 amide bonds. The van der Waals surface area contributed by atoms with Crippen LogP contribution in [0.3, 0.4) is 0 Å². The molecule has 0 aromatic heterocycles. The zero-order valence-electron chi connectivity index (χ0n) is 20.1. The van der Waals surface area contributed by atoms with Gasteiger partial charge in [0.2, 0.25) is 0 Å². The van der Waals surface area contributed by atoms with Gasteiger partial charge in [-0.15, -0.1) is 0 Å². The summed E-state index contributed by atoms with van der Waals surface area (Å²) in [5.41, 5.74) is 2.72. The fraction of sp³-hybridized carbons (Fsp3) is 0.379. The van der Waals surface area contributed by atoms with Crippen LogP contribution < -0.4 is 9.47 Å². The lowest BCUT2D eigenvalue weighted by molar-refractivity contribution is 0.0552. The second kappa shape index (κ2) is 13.1. The zero-order valence-corrected chi connectivity index (χ0v) is 20.1. The number of nitrogens with zero attached hydrogens (tertiary/aromatic N) is 2. The number of hydrogen-bond acceptors (Lipinski definition) is 5. The van der Waals surface area contributed by atoms with Crippen LogP contribution in [0.1, 0.15) is 24.1 Å². The molecule has 0 N–H and O–H groups in total. The predicted molar refractivity (Wildman–Crippen MR) is 137 cm³/mol. The number of hydrogen-bond donors (Lipinski definition) is 0. The molecule has 1 aliphatic heterocycles. The van der Waals surface area contributed by atoms with Gasteiger partial charge in [0.05, 0.1) is 25.9 Å². The number of piperazine rings is 1. The van der Waals surface area contributed by atoms with E-state index in [-0.39, 0.29) is 0 Å². The van der Waals surface area contributed by atoms with Crippen molar-refractivity contribution < 1.29 is 14.2 Å². The van der Waals surface area contributed by atoms with Gasteiger partial charge in [-0.1, -0.05) is 72.8 Å². The first-order valence-electron chi connectivity index (χ1n) is 12.3. The lowest BCUT2D eigenvalue weighted by atomic mass is 9.96. The van der Waals surface area contributed by atoms with Crippen molar-refractivity contribution in [3.63, 3.8) is 0 Å². The van der Waals surface area contributed by atoms with Crippen LogP contribution in [0, 0.1) is 0 Å². The maximum absolute atomic E-state index is 5.85. The summed E-state index contributed by atoms with van der Waals surface area (Å²) in [4.78, 5) is 5.10. The van der Waals surface area contributed by atoms with Gasteiger partial charge in [-0.25, -0.2) is 0 Å². The molecule has 34 heavy (non-hydrogen) atoms. The normalized spacial score (nSPS) is 14.9. The van der Waals surface area contributed by atoms with Gasteiger partial charge in [0, 0.05) is 32.7 Å². The summed E-state index contributed by atoms with van der Waals surface area (Å²) in [5.74, 6) is 1.56. The van der Waals surface area contributed by atoms with Crippen LogP contribution >= 0.6 is 0 Å². The first kappa shape index (κ1) is 24.3. The molecule has 1 saturated heterocycles. The minimum absolute atomic E-state index is 0.303. The fourth-order valence-electron chi connectivity index (χ4n) is 4.48. The Morgan fingerprint density at radius 3 is 1.79 bits per heavy atom. The third-order valence-corrected chi connectivity index (χ3v) is 6.19. The topological polar surface area (TPSA) is 34.2 Å². The van der Waals surface area contributed by atoms with Crippen LogP contribution in [0.5, 0.6) is 11.5 Å². The Morgan fingerprint density at radius 1 is 0.647 bits per heavy atom. The van der Waals surface area contributed by atoms with Crippen LogP contribution in [0.2, 0.25) is 0 Å². The quantitative estimate of drug-likeness (QED) is 0.360. The highest BCUT2D eigenvalue weighted by atomic mass is 16.5. The molecule has 0 saturated carbocycles.